The van der Waals surface area contributed by atoms with Crippen LogP contribution in [0.2, 0.25) is 0 Å². The quantitative estimate of drug-likeness (QED) is 0.833. The van der Waals surface area contributed by atoms with E-state index >= 15 is 0 Å². The maximum absolute atomic E-state index is 11.9. The third kappa shape index (κ3) is 3.69. The predicted molar refractivity (Wildman–Crippen MR) is 79.9 cm³/mol. The molecule has 22 heavy (non-hydrogen) atoms. The highest BCUT2D eigenvalue weighted by molar-refractivity contribution is 5.86. The molecule has 0 bridgehead atoms. The molecular formula is C16H21NO5. The van der Waals surface area contributed by atoms with Gasteiger partial charge in [0.1, 0.15) is 0 Å². The number of carbonyl (C=O) groups excluding carboxylic acids is 1. The van der Waals surface area contributed by atoms with Crippen LogP contribution in [0.5, 0.6) is 11.5 Å². The molecular weight excluding hydrogens is 286 g/mol. The number of hydrogen-bond acceptors (Lipinski definition) is 4. The van der Waals surface area contributed by atoms with Crippen LogP contribution < -0.4 is 9.47 Å². The molecule has 0 aromatic heterocycles. The maximum atomic E-state index is 11.9. The third-order valence-corrected chi connectivity index (χ3v) is 3.54. The maximum Gasteiger partial charge on any atom is 0.308 e. The van der Waals surface area contributed by atoms with E-state index in [4.69, 9.17) is 14.6 Å². The van der Waals surface area contributed by atoms with Crippen LogP contribution in [0.4, 0.5) is 0 Å². The number of hydrogen-bond donors (Lipinski definition) is 1. The van der Waals surface area contributed by atoms with Gasteiger partial charge in [0.05, 0.1) is 19.1 Å². The molecule has 1 N–H and O–H groups in total. The Morgan fingerprint density at radius 2 is 1.95 bits per heavy atom. The Balaban J connectivity index is 2.11. The summed E-state index contributed by atoms with van der Waals surface area (Å²) in [6, 6.07) is 5.53. The number of nitrogens with zero attached hydrogens (tertiary/aromatic N) is 1. The van der Waals surface area contributed by atoms with Crippen LogP contribution in [0, 0.1) is 5.92 Å². The smallest absolute Gasteiger partial charge is 0.308 e. The summed E-state index contributed by atoms with van der Waals surface area (Å²) >= 11 is 0. The van der Waals surface area contributed by atoms with Gasteiger partial charge in [-0.05, 0) is 31.5 Å². The van der Waals surface area contributed by atoms with E-state index in [1.54, 1.807) is 4.90 Å². The standard InChI is InChI=1S/C16H21NO5/c1-3-21-13-6-5-11(7-14(13)22-4-2)9-17-10-12(16(19)20)8-15(17)18/h5-7,12H,3-4,8-10H2,1-2H3,(H,19,20)/t12-/m0/s1. The molecule has 0 spiro atoms. The Bertz CT molecular complexity index is 557. The summed E-state index contributed by atoms with van der Waals surface area (Å²) in [5.74, 6) is -0.342. The average molecular weight is 307 g/mol. The summed E-state index contributed by atoms with van der Waals surface area (Å²) in [5.41, 5.74) is 0.895. The van der Waals surface area contributed by atoms with E-state index in [0.717, 1.165) is 5.56 Å². The number of rotatable bonds is 7. The summed E-state index contributed by atoms with van der Waals surface area (Å²) < 4.78 is 11.1. The van der Waals surface area contributed by atoms with Gasteiger partial charge in [-0.2, -0.15) is 0 Å². The molecule has 120 valence electrons. The van der Waals surface area contributed by atoms with Gasteiger partial charge in [-0.3, -0.25) is 9.59 Å². The Morgan fingerprint density at radius 1 is 1.27 bits per heavy atom. The van der Waals surface area contributed by atoms with Crippen LogP contribution in [-0.4, -0.2) is 41.6 Å². The number of benzene rings is 1. The lowest BCUT2D eigenvalue weighted by Crippen LogP contribution is -2.25. The lowest BCUT2D eigenvalue weighted by molar-refractivity contribution is -0.141. The lowest BCUT2D eigenvalue weighted by atomic mass is 10.1. The van der Waals surface area contributed by atoms with Crippen molar-refractivity contribution in [3.05, 3.63) is 23.8 Å². The van der Waals surface area contributed by atoms with Crippen molar-refractivity contribution in [3.63, 3.8) is 0 Å². The molecule has 0 unspecified atom stereocenters. The monoisotopic (exact) mass is 307 g/mol. The number of aliphatic carboxylic acids is 1. The highest BCUT2D eigenvalue weighted by Gasteiger charge is 2.34. The number of amides is 1. The molecule has 1 aliphatic rings. The zero-order valence-electron chi connectivity index (χ0n) is 12.9. The summed E-state index contributed by atoms with van der Waals surface area (Å²) in [4.78, 5) is 24.4. The molecule has 1 heterocycles. The normalized spacial score (nSPS) is 17.6. The van der Waals surface area contributed by atoms with Crippen molar-refractivity contribution in [2.45, 2.75) is 26.8 Å². The van der Waals surface area contributed by atoms with Crippen LogP contribution in [0.15, 0.2) is 18.2 Å². The molecule has 6 nitrogen and oxygen atoms in total. The van der Waals surface area contributed by atoms with E-state index in [9.17, 15) is 9.59 Å². The van der Waals surface area contributed by atoms with Crippen molar-refractivity contribution >= 4 is 11.9 Å². The second-order valence-corrected chi connectivity index (χ2v) is 5.16. The zero-order valence-corrected chi connectivity index (χ0v) is 12.9. The number of carboxylic acids is 1. The van der Waals surface area contributed by atoms with Crippen LogP contribution in [0.1, 0.15) is 25.8 Å². The summed E-state index contributed by atoms with van der Waals surface area (Å²) in [6.45, 7) is 5.50. The molecule has 6 heteroatoms. The Morgan fingerprint density at radius 3 is 2.55 bits per heavy atom. The highest BCUT2D eigenvalue weighted by atomic mass is 16.5. The van der Waals surface area contributed by atoms with Gasteiger partial charge in [0, 0.05) is 19.5 Å². The van der Waals surface area contributed by atoms with Gasteiger partial charge in [0.15, 0.2) is 11.5 Å². The number of carboxylic acid groups (broad SMARTS) is 1. The van der Waals surface area contributed by atoms with E-state index in [1.807, 2.05) is 32.0 Å². The van der Waals surface area contributed by atoms with E-state index in [2.05, 4.69) is 0 Å². The molecule has 1 amide bonds. The topological polar surface area (TPSA) is 76.1 Å². The molecule has 1 aromatic rings. The molecule has 2 rings (SSSR count). The first kappa shape index (κ1) is 16.1. The van der Waals surface area contributed by atoms with Crippen molar-refractivity contribution in [1.82, 2.24) is 4.90 Å². The van der Waals surface area contributed by atoms with Gasteiger partial charge in [-0.1, -0.05) is 6.07 Å². The first-order valence-electron chi connectivity index (χ1n) is 7.44. The SMILES string of the molecule is CCOc1ccc(CN2C[C@@H](C(=O)O)CC2=O)cc1OCC. The van der Waals surface area contributed by atoms with Crippen molar-refractivity contribution in [2.24, 2.45) is 5.92 Å². The van der Waals surface area contributed by atoms with Crippen molar-refractivity contribution in [1.29, 1.82) is 0 Å². The molecule has 1 saturated heterocycles. The third-order valence-electron chi connectivity index (χ3n) is 3.54. The summed E-state index contributed by atoms with van der Waals surface area (Å²) in [7, 11) is 0. The lowest BCUT2D eigenvalue weighted by Gasteiger charge is -2.18. The minimum absolute atomic E-state index is 0.0741. The number of carbonyl (C=O) groups is 2. The fourth-order valence-corrected chi connectivity index (χ4v) is 2.50. The van der Waals surface area contributed by atoms with Crippen molar-refractivity contribution < 1.29 is 24.2 Å². The Kier molecular flexibility index (Phi) is 5.25. The average Bonchev–Trinajstić information content (AvgIpc) is 2.84. The van der Waals surface area contributed by atoms with E-state index in [1.165, 1.54) is 0 Å². The van der Waals surface area contributed by atoms with Gasteiger partial charge in [0.2, 0.25) is 5.91 Å². The number of ether oxygens (including phenoxy) is 2. The molecule has 1 aliphatic heterocycles. The highest BCUT2D eigenvalue weighted by Crippen LogP contribution is 2.30. The van der Waals surface area contributed by atoms with Crippen LogP contribution in [0.25, 0.3) is 0 Å². The van der Waals surface area contributed by atoms with E-state index in [-0.39, 0.29) is 18.9 Å². The number of likely N-dealkylation sites (tertiary alicyclic amines) is 1. The van der Waals surface area contributed by atoms with E-state index in [0.29, 0.717) is 31.3 Å². The molecule has 1 aromatic carbocycles. The van der Waals surface area contributed by atoms with Gasteiger partial charge in [0.25, 0.3) is 0 Å². The molecule has 1 atom stereocenters. The Hall–Kier alpha value is -2.24. The first-order chi connectivity index (χ1) is 10.5. The van der Waals surface area contributed by atoms with Crippen molar-refractivity contribution in [3.8, 4) is 11.5 Å². The summed E-state index contributed by atoms with van der Waals surface area (Å²) in [6.07, 6.45) is 0.0741. The molecule has 1 fully saturated rings. The fraction of sp³-hybridized carbons (Fsp3) is 0.500. The second kappa shape index (κ2) is 7.15. The van der Waals surface area contributed by atoms with Crippen LogP contribution in [-0.2, 0) is 16.1 Å². The molecule has 0 saturated carbocycles. The zero-order chi connectivity index (χ0) is 16.1. The minimum Gasteiger partial charge on any atom is -0.490 e. The van der Waals surface area contributed by atoms with Gasteiger partial charge < -0.3 is 19.5 Å². The summed E-state index contributed by atoms with van der Waals surface area (Å²) in [5, 5.41) is 9.01. The van der Waals surface area contributed by atoms with Gasteiger partial charge in [-0.15, -0.1) is 0 Å². The predicted octanol–water partition coefficient (Wildman–Crippen LogP) is 1.92. The van der Waals surface area contributed by atoms with E-state index < -0.39 is 11.9 Å². The van der Waals surface area contributed by atoms with Gasteiger partial charge >= 0.3 is 5.97 Å². The fourth-order valence-electron chi connectivity index (χ4n) is 2.50. The van der Waals surface area contributed by atoms with Crippen molar-refractivity contribution in [2.75, 3.05) is 19.8 Å². The first-order valence-corrected chi connectivity index (χ1v) is 7.44. The van der Waals surface area contributed by atoms with Gasteiger partial charge in [-0.25, -0.2) is 0 Å². The molecule has 0 radical (unpaired) electrons. The minimum atomic E-state index is -0.919. The van der Waals surface area contributed by atoms with Crippen LogP contribution in [0.3, 0.4) is 0 Å². The second-order valence-electron chi connectivity index (χ2n) is 5.16. The van der Waals surface area contributed by atoms with Crippen LogP contribution >= 0.6 is 0 Å². The largest absolute Gasteiger partial charge is 0.490 e. The Labute approximate surface area is 129 Å². The molecule has 0 aliphatic carbocycles.